The Morgan fingerprint density at radius 2 is 2.19 bits per heavy atom. The number of aryl methyl sites for hydroxylation is 1. The molecule has 1 aromatic heterocycles. The van der Waals surface area contributed by atoms with Crippen molar-refractivity contribution in [1.82, 2.24) is 14.9 Å². The standard InChI is InChI=1S/C12H16N4O5/c1-6-3-9(21-2)14-11(13-6)15-12(20)16-5-7(17)4-8(16)10(18)19/h3,7-8,17H,4-5H2,1-2H3,(H,18,19)(H,13,14,15,20)/t7-,8+/m1/s1. The fourth-order valence-electron chi connectivity index (χ4n) is 2.14. The Kier molecular flexibility index (Phi) is 4.22. The first kappa shape index (κ1) is 15.0. The lowest BCUT2D eigenvalue weighted by atomic mass is 10.2. The summed E-state index contributed by atoms with van der Waals surface area (Å²) in [6.45, 7) is 1.66. The molecule has 1 aliphatic rings. The molecule has 3 N–H and O–H groups in total. The van der Waals surface area contributed by atoms with Gasteiger partial charge in [0.25, 0.3) is 0 Å². The number of carbonyl (C=O) groups is 2. The number of carbonyl (C=O) groups excluding carboxylic acids is 1. The fraction of sp³-hybridized carbons (Fsp3) is 0.500. The first-order valence-electron chi connectivity index (χ1n) is 6.29. The highest BCUT2D eigenvalue weighted by Crippen LogP contribution is 2.19. The lowest BCUT2D eigenvalue weighted by Crippen LogP contribution is -2.43. The fourth-order valence-corrected chi connectivity index (χ4v) is 2.14. The smallest absolute Gasteiger partial charge is 0.326 e. The van der Waals surface area contributed by atoms with Gasteiger partial charge in [-0.15, -0.1) is 0 Å². The molecule has 0 aromatic carbocycles. The van der Waals surface area contributed by atoms with Crippen molar-refractivity contribution < 1.29 is 24.5 Å². The third-order valence-electron chi connectivity index (χ3n) is 3.08. The zero-order valence-electron chi connectivity index (χ0n) is 11.6. The second-order valence-corrected chi connectivity index (χ2v) is 4.70. The largest absolute Gasteiger partial charge is 0.481 e. The predicted molar refractivity (Wildman–Crippen MR) is 71.1 cm³/mol. The maximum absolute atomic E-state index is 12.1. The van der Waals surface area contributed by atoms with E-state index in [1.165, 1.54) is 7.11 Å². The molecular weight excluding hydrogens is 280 g/mol. The number of carboxylic acid groups (broad SMARTS) is 1. The van der Waals surface area contributed by atoms with E-state index in [1.54, 1.807) is 13.0 Å². The van der Waals surface area contributed by atoms with Gasteiger partial charge in [0.1, 0.15) is 6.04 Å². The molecule has 0 saturated carbocycles. The number of anilines is 1. The van der Waals surface area contributed by atoms with E-state index in [-0.39, 0.29) is 24.8 Å². The van der Waals surface area contributed by atoms with Crippen LogP contribution in [0.25, 0.3) is 0 Å². The van der Waals surface area contributed by atoms with Crippen molar-refractivity contribution in [3.63, 3.8) is 0 Å². The molecule has 0 bridgehead atoms. The van der Waals surface area contributed by atoms with Gasteiger partial charge in [0.05, 0.1) is 13.2 Å². The average molecular weight is 296 g/mol. The van der Waals surface area contributed by atoms with Gasteiger partial charge in [0.2, 0.25) is 11.8 Å². The number of aliphatic hydroxyl groups is 1. The molecule has 2 heterocycles. The molecule has 1 fully saturated rings. The van der Waals surface area contributed by atoms with Gasteiger partial charge in [-0.05, 0) is 6.92 Å². The summed E-state index contributed by atoms with van der Waals surface area (Å²) in [7, 11) is 1.44. The summed E-state index contributed by atoms with van der Waals surface area (Å²) < 4.78 is 4.97. The van der Waals surface area contributed by atoms with Crippen LogP contribution in [-0.4, -0.2) is 62.9 Å². The number of likely N-dealkylation sites (tertiary alicyclic amines) is 1. The summed E-state index contributed by atoms with van der Waals surface area (Å²) in [6.07, 6.45) is -0.856. The van der Waals surface area contributed by atoms with E-state index in [0.717, 1.165) is 4.90 Å². The number of ether oxygens (including phenoxy) is 1. The Hall–Kier alpha value is -2.42. The number of amides is 2. The van der Waals surface area contributed by atoms with E-state index in [0.29, 0.717) is 5.69 Å². The Morgan fingerprint density at radius 3 is 2.81 bits per heavy atom. The monoisotopic (exact) mass is 296 g/mol. The topological polar surface area (TPSA) is 125 Å². The lowest BCUT2D eigenvalue weighted by molar-refractivity contribution is -0.141. The van der Waals surface area contributed by atoms with Gasteiger partial charge in [-0.1, -0.05) is 0 Å². The van der Waals surface area contributed by atoms with Crippen LogP contribution in [0.4, 0.5) is 10.7 Å². The average Bonchev–Trinajstić information content (AvgIpc) is 2.80. The number of hydrogen-bond donors (Lipinski definition) is 3. The second-order valence-electron chi connectivity index (χ2n) is 4.70. The highest BCUT2D eigenvalue weighted by molar-refractivity contribution is 5.91. The number of aromatic nitrogens is 2. The molecule has 1 aliphatic heterocycles. The maximum Gasteiger partial charge on any atom is 0.326 e. The minimum absolute atomic E-state index is 0.000743. The van der Waals surface area contributed by atoms with Crippen LogP contribution < -0.4 is 10.1 Å². The SMILES string of the molecule is COc1cc(C)nc(NC(=O)N2C[C@H](O)C[C@H]2C(=O)O)n1. The zero-order chi connectivity index (χ0) is 15.6. The van der Waals surface area contributed by atoms with Crippen molar-refractivity contribution in [3.8, 4) is 5.88 Å². The van der Waals surface area contributed by atoms with Crippen LogP contribution in [0.2, 0.25) is 0 Å². The van der Waals surface area contributed by atoms with Crippen molar-refractivity contribution in [3.05, 3.63) is 11.8 Å². The van der Waals surface area contributed by atoms with Crippen molar-refractivity contribution in [2.75, 3.05) is 19.0 Å². The van der Waals surface area contributed by atoms with E-state index < -0.39 is 24.1 Å². The summed E-state index contributed by atoms with van der Waals surface area (Å²) in [5, 5.41) is 21.0. The van der Waals surface area contributed by atoms with Gasteiger partial charge in [0, 0.05) is 24.7 Å². The summed E-state index contributed by atoms with van der Waals surface area (Å²) in [4.78, 5) is 32.2. The molecule has 0 spiro atoms. The van der Waals surface area contributed by atoms with Gasteiger partial charge in [-0.25, -0.2) is 14.6 Å². The number of β-amino-alcohol motifs (C(OH)–C–C–N with tert-alkyl or cyclic N) is 1. The number of hydrogen-bond acceptors (Lipinski definition) is 6. The number of aliphatic carboxylic acids is 1. The molecule has 9 heteroatoms. The molecule has 0 unspecified atom stereocenters. The normalized spacial score (nSPS) is 21.2. The van der Waals surface area contributed by atoms with Crippen LogP contribution in [0, 0.1) is 6.92 Å². The molecule has 9 nitrogen and oxygen atoms in total. The summed E-state index contributed by atoms with van der Waals surface area (Å²) in [6, 6.07) is -0.145. The van der Waals surface area contributed by atoms with Crippen LogP contribution in [0.5, 0.6) is 5.88 Å². The molecule has 0 radical (unpaired) electrons. The highest BCUT2D eigenvalue weighted by atomic mass is 16.5. The van der Waals surface area contributed by atoms with Crippen molar-refractivity contribution in [1.29, 1.82) is 0 Å². The number of aliphatic hydroxyl groups excluding tert-OH is 1. The quantitative estimate of drug-likeness (QED) is 0.708. The first-order valence-corrected chi connectivity index (χ1v) is 6.29. The predicted octanol–water partition coefficient (Wildman–Crippen LogP) is -0.155. The number of nitrogens with one attached hydrogen (secondary N) is 1. The number of rotatable bonds is 3. The van der Waals surface area contributed by atoms with E-state index in [2.05, 4.69) is 15.3 Å². The van der Waals surface area contributed by atoms with Crippen LogP contribution in [0.3, 0.4) is 0 Å². The molecular formula is C12H16N4O5. The van der Waals surface area contributed by atoms with Crippen LogP contribution >= 0.6 is 0 Å². The maximum atomic E-state index is 12.1. The second kappa shape index (κ2) is 5.92. The number of urea groups is 1. The third kappa shape index (κ3) is 3.37. The Labute approximate surface area is 120 Å². The Morgan fingerprint density at radius 1 is 1.48 bits per heavy atom. The molecule has 1 saturated heterocycles. The molecule has 2 atom stereocenters. The van der Waals surface area contributed by atoms with Crippen molar-refractivity contribution in [2.45, 2.75) is 25.5 Å². The molecule has 0 aliphatic carbocycles. The van der Waals surface area contributed by atoms with Crippen molar-refractivity contribution >= 4 is 17.9 Å². The van der Waals surface area contributed by atoms with Gasteiger partial charge < -0.3 is 19.8 Å². The van der Waals surface area contributed by atoms with E-state index in [4.69, 9.17) is 9.84 Å². The van der Waals surface area contributed by atoms with Gasteiger partial charge in [0.15, 0.2) is 0 Å². The van der Waals surface area contributed by atoms with Crippen LogP contribution in [0.15, 0.2) is 6.07 Å². The number of methoxy groups -OCH3 is 1. The van der Waals surface area contributed by atoms with Gasteiger partial charge >= 0.3 is 12.0 Å². The lowest BCUT2D eigenvalue weighted by Gasteiger charge is -2.21. The highest BCUT2D eigenvalue weighted by Gasteiger charge is 2.39. The minimum Gasteiger partial charge on any atom is -0.481 e. The Balaban J connectivity index is 2.14. The van der Waals surface area contributed by atoms with Gasteiger partial charge in [-0.3, -0.25) is 5.32 Å². The molecule has 2 amide bonds. The molecule has 2 rings (SSSR count). The van der Waals surface area contributed by atoms with E-state index in [9.17, 15) is 14.7 Å². The van der Waals surface area contributed by atoms with E-state index >= 15 is 0 Å². The van der Waals surface area contributed by atoms with Crippen LogP contribution in [-0.2, 0) is 4.79 Å². The van der Waals surface area contributed by atoms with Crippen molar-refractivity contribution in [2.24, 2.45) is 0 Å². The Bertz CT molecular complexity index is 565. The molecule has 1 aromatic rings. The molecule has 21 heavy (non-hydrogen) atoms. The zero-order valence-corrected chi connectivity index (χ0v) is 11.6. The van der Waals surface area contributed by atoms with Gasteiger partial charge in [-0.2, -0.15) is 4.98 Å². The molecule has 114 valence electrons. The summed E-state index contributed by atoms with van der Waals surface area (Å²) in [5.41, 5.74) is 0.591. The van der Waals surface area contributed by atoms with E-state index in [1.807, 2.05) is 0 Å². The number of nitrogens with zero attached hydrogens (tertiary/aromatic N) is 3. The first-order chi connectivity index (χ1) is 9.90. The number of carboxylic acids is 1. The summed E-state index contributed by atoms with van der Waals surface area (Å²) >= 11 is 0. The minimum atomic E-state index is -1.16. The van der Waals surface area contributed by atoms with Crippen LogP contribution in [0.1, 0.15) is 12.1 Å². The third-order valence-corrected chi connectivity index (χ3v) is 3.08. The summed E-state index contributed by atoms with van der Waals surface area (Å²) in [5.74, 6) is -0.860.